The molecule has 2 atom stereocenters. The fourth-order valence-corrected chi connectivity index (χ4v) is 6.41. The van der Waals surface area contributed by atoms with Crippen LogP contribution in [0.1, 0.15) is 17.0 Å². The number of hydrogen-bond donors (Lipinski definition) is 0. The summed E-state index contributed by atoms with van der Waals surface area (Å²) in [5.41, 5.74) is 11.7. The fourth-order valence-electron chi connectivity index (χ4n) is 6.41. The molecule has 5 aromatic rings. The molecule has 2 heteroatoms. The number of anilines is 4. The Bertz CT molecular complexity index is 1880. The molecule has 0 radical (unpaired) electrons. The molecule has 212 valence electrons. The highest BCUT2D eigenvalue weighted by Gasteiger charge is 2.39. The van der Waals surface area contributed by atoms with Crippen molar-refractivity contribution in [3.63, 3.8) is 0 Å². The number of nitrogens with zero attached hydrogens (tertiary/aromatic N) is 2. The van der Waals surface area contributed by atoms with E-state index < -0.39 is 0 Å². The van der Waals surface area contributed by atoms with Gasteiger partial charge in [0, 0.05) is 34.4 Å². The molecule has 1 heterocycles. The Morgan fingerprint density at radius 3 is 2.02 bits per heavy atom. The Hall–Kier alpha value is -5.60. The van der Waals surface area contributed by atoms with Crippen LogP contribution in [0.2, 0.25) is 0 Å². The van der Waals surface area contributed by atoms with Crippen LogP contribution in [0.15, 0.2) is 189 Å². The van der Waals surface area contributed by atoms with Gasteiger partial charge < -0.3 is 9.80 Å². The molecule has 0 N–H and O–H groups in total. The molecular weight excluding hydrogens is 532 g/mol. The van der Waals surface area contributed by atoms with Crippen LogP contribution in [0.4, 0.5) is 22.7 Å². The molecule has 0 spiro atoms. The first-order valence-electron chi connectivity index (χ1n) is 15.1. The van der Waals surface area contributed by atoms with Crippen molar-refractivity contribution >= 4 is 28.3 Å². The highest BCUT2D eigenvalue weighted by molar-refractivity contribution is 5.85. The minimum Gasteiger partial charge on any atom is -0.333 e. The van der Waals surface area contributed by atoms with E-state index in [9.17, 15) is 0 Å². The van der Waals surface area contributed by atoms with Crippen molar-refractivity contribution in [1.29, 1.82) is 0 Å². The molecule has 0 saturated heterocycles. The Kier molecular flexibility index (Phi) is 7.40. The zero-order valence-electron chi connectivity index (χ0n) is 24.6. The van der Waals surface area contributed by atoms with E-state index in [0.717, 1.165) is 17.1 Å². The molecule has 0 amide bonds. The largest absolute Gasteiger partial charge is 0.333 e. The lowest BCUT2D eigenvalue weighted by Gasteiger charge is -2.29. The van der Waals surface area contributed by atoms with Gasteiger partial charge in [0.15, 0.2) is 0 Å². The molecule has 2 nitrogen and oxygen atoms in total. The first kappa shape index (κ1) is 27.2. The number of rotatable bonds is 8. The van der Waals surface area contributed by atoms with Crippen molar-refractivity contribution in [3.8, 4) is 11.1 Å². The van der Waals surface area contributed by atoms with Gasteiger partial charge in [-0.1, -0.05) is 135 Å². The molecular formula is C42H34N2. The van der Waals surface area contributed by atoms with E-state index in [2.05, 4.69) is 169 Å². The first-order valence-corrected chi connectivity index (χ1v) is 15.1. The van der Waals surface area contributed by atoms with Crippen molar-refractivity contribution in [2.24, 2.45) is 0 Å². The maximum atomic E-state index is 4.42. The quantitative estimate of drug-likeness (QED) is 0.172. The number of benzene rings is 5. The van der Waals surface area contributed by atoms with Gasteiger partial charge in [-0.2, -0.15) is 0 Å². The van der Waals surface area contributed by atoms with E-state index in [1.54, 1.807) is 6.08 Å². The summed E-state index contributed by atoms with van der Waals surface area (Å²) < 4.78 is 0. The van der Waals surface area contributed by atoms with E-state index in [1.807, 2.05) is 18.2 Å². The predicted molar refractivity (Wildman–Crippen MR) is 188 cm³/mol. The number of allylic oxidation sites excluding steroid dienone is 5. The van der Waals surface area contributed by atoms with Gasteiger partial charge in [-0.05, 0) is 76.4 Å². The summed E-state index contributed by atoms with van der Waals surface area (Å²) in [5, 5.41) is 0. The summed E-state index contributed by atoms with van der Waals surface area (Å²) in [6.07, 6.45) is 12.8. The van der Waals surface area contributed by atoms with Crippen molar-refractivity contribution < 1.29 is 0 Å². The van der Waals surface area contributed by atoms with Gasteiger partial charge in [0.05, 0.1) is 6.04 Å². The number of fused-ring (bicyclic) bond motifs is 3. The molecule has 0 bridgehead atoms. The second-order valence-electron chi connectivity index (χ2n) is 11.1. The highest BCUT2D eigenvalue weighted by atomic mass is 15.2. The fraction of sp³-hybridized carbons (Fsp3) is 0.0476. The average molecular weight is 567 g/mol. The van der Waals surface area contributed by atoms with Crippen molar-refractivity contribution in [1.82, 2.24) is 0 Å². The van der Waals surface area contributed by atoms with Crippen molar-refractivity contribution in [2.45, 2.75) is 12.0 Å². The summed E-state index contributed by atoms with van der Waals surface area (Å²) in [6.45, 7) is 8.28. The van der Waals surface area contributed by atoms with Crippen LogP contribution in [-0.2, 0) is 0 Å². The zero-order chi connectivity index (χ0) is 29.9. The molecule has 0 saturated carbocycles. The van der Waals surface area contributed by atoms with E-state index in [-0.39, 0.29) is 12.0 Å². The predicted octanol–water partition coefficient (Wildman–Crippen LogP) is 11.0. The maximum absolute atomic E-state index is 4.42. The van der Waals surface area contributed by atoms with Gasteiger partial charge in [0.2, 0.25) is 0 Å². The lowest BCUT2D eigenvalue weighted by molar-refractivity contribution is 0.747. The van der Waals surface area contributed by atoms with E-state index in [0.29, 0.717) is 0 Å². The van der Waals surface area contributed by atoms with Crippen LogP contribution in [0.25, 0.3) is 16.7 Å². The van der Waals surface area contributed by atoms with Gasteiger partial charge >= 0.3 is 0 Å². The van der Waals surface area contributed by atoms with Crippen molar-refractivity contribution in [2.75, 3.05) is 9.80 Å². The molecule has 1 aliphatic carbocycles. The second-order valence-corrected chi connectivity index (χ2v) is 11.1. The Labute approximate surface area is 260 Å². The van der Waals surface area contributed by atoms with E-state index in [1.165, 1.54) is 39.2 Å². The summed E-state index contributed by atoms with van der Waals surface area (Å²) in [7, 11) is 0. The number of hydrogen-bond acceptors (Lipinski definition) is 2. The van der Waals surface area contributed by atoms with Crippen LogP contribution in [0.3, 0.4) is 0 Å². The third kappa shape index (κ3) is 5.12. The standard InChI is InChI=1S/C42H34N2/c1-3-4-14-31(2)43(36-17-10-6-11-18-36)38-26-28-42-40(30-38)39-29-35(25-27-41(39)44(42)37-19-12-7-13-20-37)34-23-21-33(22-24-34)32-15-8-5-9-16-32/h3-30,39,41H,1-2H2/b14-4-. The number of para-hydroxylation sites is 2. The first-order chi connectivity index (χ1) is 21.7. The molecule has 2 aliphatic rings. The minimum absolute atomic E-state index is 0.184. The third-order valence-corrected chi connectivity index (χ3v) is 8.47. The Morgan fingerprint density at radius 2 is 1.32 bits per heavy atom. The van der Waals surface area contributed by atoms with E-state index in [4.69, 9.17) is 0 Å². The van der Waals surface area contributed by atoms with Crippen LogP contribution >= 0.6 is 0 Å². The van der Waals surface area contributed by atoms with Crippen LogP contribution in [-0.4, -0.2) is 6.04 Å². The van der Waals surface area contributed by atoms with Crippen LogP contribution < -0.4 is 9.80 Å². The molecule has 7 rings (SSSR count). The highest BCUT2D eigenvalue weighted by Crippen LogP contribution is 2.50. The maximum Gasteiger partial charge on any atom is 0.0630 e. The molecule has 44 heavy (non-hydrogen) atoms. The van der Waals surface area contributed by atoms with Crippen LogP contribution in [0, 0.1) is 0 Å². The van der Waals surface area contributed by atoms with Gasteiger partial charge in [-0.3, -0.25) is 0 Å². The Balaban J connectivity index is 1.31. The summed E-state index contributed by atoms with van der Waals surface area (Å²) in [6, 6.07) is 47.6. The molecule has 0 aromatic heterocycles. The normalized spacial score (nSPS) is 16.7. The average Bonchev–Trinajstić information content (AvgIpc) is 3.42. The molecule has 0 fully saturated rings. The SMILES string of the molecule is C=C/C=C\C(=C)N(c1ccccc1)c1ccc2c(c1)C1C=C(c3ccc(-c4ccccc4)cc3)C=CC1N2c1ccccc1. The van der Waals surface area contributed by atoms with E-state index >= 15 is 0 Å². The van der Waals surface area contributed by atoms with Gasteiger partial charge in [-0.25, -0.2) is 0 Å². The van der Waals surface area contributed by atoms with Crippen LogP contribution in [0.5, 0.6) is 0 Å². The van der Waals surface area contributed by atoms with Crippen molar-refractivity contribution in [3.05, 3.63) is 200 Å². The second kappa shape index (κ2) is 11.9. The monoisotopic (exact) mass is 566 g/mol. The lowest BCUT2D eigenvalue weighted by atomic mass is 9.86. The third-order valence-electron chi connectivity index (χ3n) is 8.47. The summed E-state index contributed by atoms with van der Waals surface area (Å²) >= 11 is 0. The topological polar surface area (TPSA) is 6.48 Å². The summed E-state index contributed by atoms with van der Waals surface area (Å²) in [5.74, 6) is 0.188. The smallest absolute Gasteiger partial charge is 0.0630 e. The lowest BCUT2D eigenvalue weighted by Crippen LogP contribution is -2.28. The van der Waals surface area contributed by atoms with Gasteiger partial charge in [-0.15, -0.1) is 0 Å². The zero-order valence-corrected chi connectivity index (χ0v) is 24.6. The summed E-state index contributed by atoms with van der Waals surface area (Å²) in [4.78, 5) is 4.69. The Morgan fingerprint density at radius 1 is 0.682 bits per heavy atom. The van der Waals surface area contributed by atoms with Gasteiger partial charge in [0.25, 0.3) is 0 Å². The minimum atomic E-state index is 0.184. The molecule has 5 aromatic carbocycles. The molecule has 1 aliphatic heterocycles. The molecule has 2 unspecified atom stereocenters. The van der Waals surface area contributed by atoms with Gasteiger partial charge in [0.1, 0.15) is 0 Å².